The van der Waals surface area contributed by atoms with E-state index in [2.05, 4.69) is 54.9 Å². The van der Waals surface area contributed by atoms with Crippen molar-refractivity contribution in [2.45, 2.75) is 0 Å². The van der Waals surface area contributed by atoms with Crippen LogP contribution in [0.3, 0.4) is 0 Å². The molecule has 0 saturated heterocycles. The highest BCUT2D eigenvalue weighted by Crippen LogP contribution is 2.31. The van der Waals surface area contributed by atoms with Crippen LogP contribution in [0.5, 0.6) is 0 Å². The number of nitrogen functional groups attached to an aromatic ring is 1. The lowest BCUT2D eigenvalue weighted by Gasteiger charge is -2.12. The first-order chi connectivity index (χ1) is 9.65. The molecule has 0 aliphatic heterocycles. The van der Waals surface area contributed by atoms with Crippen LogP contribution in [-0.4, -0.2) is 4.98 Å². The number of fused-ring (bicyclic) bond motifs is 1. The average Bonchev–Trinajstić information content (AvgIpc) is 2.44. The van der Waals surface area contributed by atoms with Crippen LogP contribution in [0.2, 0.25) is 0 Å². The van der Waals surface area contributed by atoms with Crippen LogP contribution in [0.1, 0.15) is 0 Å². The standard InChI is InChI=1S/C15H11BrIN3/c16-9-7-10-12(18)5-6-14(15(10)19-8-9)20-13-4-2-1-3-11(13)17/h1-8,20H,18H2. The fraction of sp³-hybridized carbons (Fsp3) is 0. The minimum absolute atomic E-state index is 0.724. The van der Waals surface area contributed by atoms with Gasteiger partial charge >= 0.3 is 0 Å². The Morgan fingerprint density at radius 1 is 1.10 bits per heavy atom. The van der Waals surface area contributed by atoms with Crippen LogP contribution in [-0.2, 0) is 0 Å². The van der Waals surface area contributed by atoms with Crippen molar-refractivity contribution in [2.24, 2.45) is 0 Å². The molecule has 1 heterocycles. The molecule has 3 N–H and O–H groups in total. The number of anilines is 3. The van der Waals surface area contributed by atoms with E-state index in [0.29, 0.717) is 0 Å². The van der Waals surface area contributed by atoms with E-state index >= 15 is 0 Å². The minimum atomic E-state index is 0.724. The number of nitrogens with zero attached hydrogens (tertiary/aromatic N) is 1. The Kier molecular flexibility index (Phi) is 3.80. The van der Waals surface area contributed by atoms with Crippen LogP contribution in [0, 0.1) is 3.57 Å². The molecule has 0 saturated carbocycles. The lowest BCUT2D eigenvalue weighted by molar-refractivity contribution is 1.38. The van der Waals surface area contributed by atoms with E-state index in [4.69, 9.17) is 5.73 Å². The maximum absolute atomic E-state index is 6.03. The normalized spacial score (nSPS) is 10.7. The van der Waals surface area contributed by atoms with Gasteiger partial charge in [0, 0.05) is 25.3 Å². The van der Waals surface area contributed by atoms with E-state index in [1.165, 1.54) is 0 Å². The van der Waals surface area contributed by atoms with Crippen molar-refractivity contribution >= 4 is 66.5 Å². The third-order valence-electron chi connectivity index (χ3n) is 2.99. The molecule has 0 unspecified atom stereocenters. The number of nitrogens with one attached hydrogen (secondary N) is 1. The van der Waals surface area contributed by atoms with Crippen LogP contribution in [0.15, 0.2) is 53.1 Å². The van der Waals surface area contributed by atoms with Crippen molar-refractivity contribution in [3.8, 4) is 0 Å². The number of nitrogens with two attached hydrogens (primary N) is 1. The van der Waals surface area contributed by atoms with Crippen LogP contribution in [0.25, 0.3) is 10.9 Å². The molecule has 1 aromatic heterocycles. The number of hydrogen-bond donors (Lipinski definition) is 2. The van der Waals surface area contributed by atoms with Gasteiger partial charge in [-0.25, -0.2) is 0 Å². The Morgan fingerprint density at radius 2 is 1.90 bits per heavy atom. The van der Waals surface area contributed by atoms with Crippen molar-refractivity contribution in [3.05, 3.63) is 56.7 Å². The second-order valence-electron chi connectivity index (χ2n) is 4.36. The number of rotatable bonds is 2. The van der Waals surface area contributed by atoms with E-state index in [1.54, 1.807) is 6.20 Å². The van der Waals surface area contributed by atoms with Crippen LogP contribution >= 0.6 is 38.5 Å². The highest BCUT2D eigenvalue weighted by atomic mass is 127. The van der Waals surface area contributed by atoms with Crippen molar-refractivity contribution in [3.63, 3.8) is 0 Å². The zero-order valence-electron chi connectivity index (χ0n) is 10.4. The third-order valence-corrected chi connectivity index (χ3v) is 4.37. The van der Waals surface area contributed by atoms with Crippen LogP contribution in [0.4, 0.5) is 17.1 Å². The van der Waals surface area contributed by atoms with Gasteiger partial charge in [-0.15, -0.1) is 0 Å². The number of hydrogen-bond acceptors (Lipinski definition) is 3. The van der Waals surface area contributed by atoms with E-state index < -0.39 is 0 Å². The molecule has 3 rings (SSSR count). The van der Waals surface area contributed by atoms with Gasteiger partial charge in [-0.3, -0.25) is 4.98 Å². The third kappa shape index (κ3) is 2.60. The van der Waals surface area contributed by atoms with Gasteiger partial charge in [0.1, 0.15) is 0 Å². The Labute approximate surface area is 138 Å². The summed E-state index contributed by atoms with van der Waals surface area (Å²) in [7, 11) is 0. The zero-order chi connectivity index (χ0) is 14.1. The van der Waals surface area contributed by atoms with Gasteiger partial charge in [-0.05, 0) is 68.9 Å². The first-order valence-electron chi connectivity index (χ1n) is 6.00. The summed E-state index contributed by atoms with van der Waals surface area (Å²) in [6.07, 6.45) is 1.78. The Morgan fingerprint density at radius 3 is 2.70 bits per heavy atom. The Bertz CT molecular complexity index is 789. The second kappa shape index (κ2) is 5.57. The van der Waals surface area contributed by atoms with Gasteiger partial charge < -0.3 is 11.1 Å². The molecule has 0 aliphatic carbocycles. The van der Waals surface area contributed by atoms with Crippen molar-refractivity contribution in [1.29, 1.82) is 0 Å². The Hall–Kier alpha value is -1.34. The second-order valence-corrected chi connectivity index (χ2v) is 6.43. The van der Waals surface area contributed by atoms with E-state index in [-0.39, 0.29) is 0 Å². The molecule has 0 amide bonds. The zero-order valence-corrected chi connectivity index (χ0v) is 14.1. The first-order valence-corrected chi connectivity index (χ1v) is 7.87. The SMILES string of the molecule is Nc1ccc(Nc2ccccc2I)c2ncc(Br)cc12. The summed E-state index contributed by atoms with van der Waals surface area (Å²) >= 11 is 5.74. The largest absolute Gasteiger partial charge is 0.398 e. The summed E-state index contributed by atoms with van der Waals surface area (Å²) in [5, 5.41) is 4.36. The maximum atomic E-state index is 6.03. The highest BCUT2D eigenvalue weighted by molar-refractivity contribution is 14.1. The van der Waals surface area contributed by atoms with E-state index in [9.17, 15) is 0 Å². The molecule has 20 heavy (non-hydrogen) atoms. The Balaban J connectivity index is 2.13. The van der Waals surface area contributed by atoms with Gasteiger partial charge in [0.25, 0.3) is 0 Å². The molecule has 0 bridgehead atoms. The fourth-order valence-corrected chi connectivity index (χ4v) is 2.88. The van der Waals surface area contributed by atoms with Gasteiger partial charge in [0.05, 0.1) is 16.9 Å². The lowest BCUT2D eigenvalue weighted by Crippen LogP contribution is -1.97. The number of benzene rings is 2. The van der Waals surface area contributed by atoms with Gasteiger partial charge in [0.15, 0.2) is 0 Å². The van der Waals surface area contributed by atoms with Gasteiger partial charge in [-0.1, -0.05) is 12.1 Å². The molecule has 0 atom stereocenters. The van der Waals surface area contributed by atoms with Crippen molar-refractivity contribution < 1.29 is 0 Å². The summed E-state index contributed by atoms with van der Waals surface area (Å²) in [6.45, 7) is 0. The molecule has 3 nitrogen and oxygen atoms in total. The number of pyridine rings is 1. The van der Waals surface area contributed by atoms with E-state index in [1.807, 2.05) is 36.4 Å². The summed E-state index contributed by atoms with van der Waals surface area (Å²) in [6, 6.07) is 14.0. The minimum Gasteiger partial charge on any atom is -0.398 e. The maximum Gasteiger partial charge on any atom is 0.0958 e. The van der Waals surface area contributed by atoms with Crippen molar-refractivity contribution in [2.75, 3.05) is 11.1 Å². The molecular weight excluding hydrogens is 429 g/mol. The molecule has 0 spiro atoms. The number of aromatic nitrogens is 1. The highest BCUT2D eigenvalue weighted by Gasteiger charge is 2.07. The molecule has 3 aromatic rings. The average molecular weight is 440 g/mol. The molecule has 100 valence electrons. The number of halogens is 2. The molecule has 0 radical (unpaired) electrons. The molecular formula is C15H11BrIN3. The predicted octanol–water partition coefficient (Wildman–Crippen LogP) is 4.93. The molecule has 0 aliphatic rings. The van der Waals surface area contributed by atoms with E-state index in [0.717, 1.165) is 36.0 Å². The quantitative estimate of drug-likeness (QED) is 0.439. The number of para-hydroxylation sites is 1. The summed E-state index contributed by atoms with van der Waals surface area (Å²) in [4.78, 5) is 4.48. The first kappa shape index (κ1) is 13.6. The van der Waals surface area contributed by atoms with Crippen molar-refractivity contribution in [1.82, 2.24) is 4.98 Å². The lowest BCUT2D eigenvalue weighted by atomic mass is 10.1. The summed E-state index contributed by atoms with van der Waals surface area (Å²) in [5.74, 6) is 0. The van der Waals surface area contributed by atoms with Gasteiger partial charge in [-0.2, -0.15) is 0 Å². The smallest absolute Gasteiger partial charge is 0.0958 e. The fourth-order valence-electron chi connectivity index (χ4n) is 2.02. The topological polar surface area (TPSA) is 50.9 Å². The molecule has 0 fully saturated rings. The molecule has 2 aromatic carbocycles. The monoisotopic (exact) mass is 439 g/mol. The predicted molar refractivity (Wildman–Crippen MR) is 96.3 cm³/mol. The van der Waals surface area contributed by atoms with Crippen LogP contribution < -0.4 is 11.1 Å². The van der Waals surface area contributed by atoms with Gasteiger partial charge in [0.2, 0.25) is 0 Å². The summed E-state index contributed by atoms with van der Waals surface area (Å²) < 4.78 is 2.08. The molecule has 5 heteroatoms. The summed E-state index contributed by atoms with van der Waals surface area (Å²) in [5.41, 5.74) is 9.63.